The van der Waals surface area contributed by atoms with Gasteiger partial charge in [-0.2, -0.15) is 5.26 Å². The van der Waals surface area contributed by atoms with E-state index in [2.05, 4.69) is 30.8 Å². The van der Waals surface area contributed by atoms with E-state index in [4.69, 9.17) is 19.0 Å². The van der Waals surface area contributed by atoms with E-state index < -0.39 is 18.9 Å². The number of nitriles is 1. The Morgan fingerprint density at radius 3 is 2.59 bits per heavy atom. The van der Waals surface area contributed by atoms with Crippen LogP contribution < -0.4 is 5.32 Å². The van der Waals surface area contributed by atoms with Crippen LogP contribution in [0.5, 0.6) is 0 Å². The van der Waals surface area contributed by atoms with E-state index in [1.165, 1.54) is 0 Å². The van der Waals surface area contributed by atoms with Crippen LogP contribution in [0.4, 0.5) is 0 Å². The van der Waals surface area contributed by atoms with Gasteiger partial charge in [0.1, 0.15) is 5.76 Å². The second kappa shape index (κ2) is 15.1. The largest absolute Gasteiger partial charge is 0.502 e. The molecule has 1 aliphatic rings. The van der Waals surface area contributed by atoms with Gasteiger partial charge in [-0.1, -0.05) is 33.1 Å². The van der Waals surface area contributed by atoms with Gasteiger partial charge in [0.2, 0.25) is 0 Å². The van der Waals surface area contributed by atoms with Crippen molar-refractivity contribution < 1.29 is 18.9 Å². The first-order valence-corrected chi connectivity index (χ1v) is 14.1. The lowest BCUT2D eigenvalue weighted by Gasteiger charge is -2.34. The van der Waals surface area contributed by atoms with E-state index in [1.54, 1.807) is 19.3 Å². The molecule has 34 heavy (non-hydrogen) atoms. The number of ether oxygens (including phenoxy) is 1. The summed E-state index contributed by atoms with van der Waals surface area (Å²) in [6.45, 7) is 15.7. The topological polar surface area (TPSA) is 83.7 Å². The number of unbranched alkanes of at least 4 members (excludes halogenated alkanes) is 1. The van der Waals surface area contributed by atoms with Gasteiger partial charge in [0.15, 0.2) is 7.34 Å². The fourth-order valence-corrected chi connectivity index (χ4v) is 4.53. The summed E-state index contributed by atoms with van der Waals surface area (Å²) in [5.41, 5.74) is 0.857. The van der Waals surface area contributed by atoms with E-state index in [0.717, 1.165) is 56.5 Å². The van der Waals surface area contributed by atoms with Crippen LogP contribution in [0.1, 0.15) is 52.4 Å². The minimum absolute atomic E-state index is 0.290. The molecule has 0 spiro atoms. The quantitative estimate of drug-likeness (QED) is 0.122. The number of hydrogen-bond donors (Lipinski definition) is 2. The Hall–Kier alpha value is -2.03. The molecule has 1 aliphatic carbocycles. The standard InChI is InChI=1S/C27H43N2O4P/c1-22(17-19-29-18-11-10-12-23(2)31-5)26(30)27(3,4)21-32-34(6,7)33-25-14-9-8-13-24(20-28)15-16-25/h13-16,26,29-30H,1-2,6,8-12,17-19,21H2,3-5,7H3/b16-15-,24-13-,25-14-/t26-,34?/m0/s1. The van der Waals surface area contributed by atoms with E-state index >= 15 is 0 Å². The zero-order valence-corrected chi connectivity index (χ0v) is 22.3. The molecule has 0 fully saturated rings. The molecule has 0 heterocycles. The first-order chi connectivity index (χ1) is 16.0. The highest BCUT2D eigenvalue weighted by Gasteiger charge is 2.31. The number of rotatable bonds is 16. The summed E-state index contributed by atoms with van der Waals surface area (Å²) in [6.07, 6.45) is 16.1. The second-order valence-electron chi connectivity index (χ2n) is 9.42. The number of nitrogens with zero attached hydrogens (tertiary/aromatic N) is 1. The van der Waals surface area contributed by atoms with Crippen molar-refractivity contribution in [3.05, 3.63) is 60.1 Å². The van der Waals surface area contributed by atoms with Crippen molar-refractivity contribution in [2.45, 2.75) is 58.5 Å². The number of allylic oxidation sites excluding steroid dienone is 6. The molecular formula is C27H43N2O4P. The molecule has 0 aromatic carbocycles. The van der Waals surface area contributed by atoms with E-state index in [-0.39, 0.29) is 6.61 Å². The van der Waals surface area contributed by atoms with Gasteiger partial charge in [-0.25, -0.2) is 0 Å². The lowest BCUT2D eigenvalue weighted by atomic mass is 9.83. The maximum atomic E-state index is 10.9. The van der Waals surface area contributed by atoms with Gasteiger partial charge in [-0.15, -0.1) is 0 Å². The minimum atomic E-state index is -2.43. The van der Waals surface area contributed by atoms with Crippen LogP contribution in [0, 0.1) is 16.7 Å². The Kier molecular flexibility index (Phi) is 13.3. The molecule has 2 atom stereocenters. The average Bonchev–Trinajstić information content (AvgIpc) is 2.78. The highest BCUT2D eigenvalue weighted by Crippen LogP contribution is 2.48. The third-order valence-corrected chi connectivity index (χ3v) is 6.81. The Bertz CT molecular complexity index is 864. The van der Waals surface area contributed by atoms with Crippen LogP contribution in [-0.4, -0.2) is 51.0 Å². The Morgan fingerprint density at radius 1 is 1.21 bits per heavy atom. The number of hydrogen-bond acceptors (Lipinski definition) is 6. The third-order valence-electron chi connectivity index (χ3n) is 5.54. The summed E-state index contributed by atoms with van der Waals surface area (Å²) in [5.74, 6) is 1.47. The molecule has 0 radical (unpaired) electrons. The predicted molar refractivity (Wildman–Crippen MR) is 144 cm³/mol. The van der Waals surface area contributed by atoms with E-state index in [1.807, 2.05) is 32.7 Å². The Labute approximate surface area is 206 Å². The van der Waals surface area contributed by atoms with E-state index in [9.17, 15) is 5.11 Å². The molecule has 6 nitrogen and oxygen atoms in total. The normalized spacial score (nSPS) is 20.7. The number of aliphatic hydroxyl groups excluding tert-OH is 1. The molecule has 0 amide bonds. The first kappa shape index (κ1) is 30.0. The summed E-state index contributed by atoms with van der Waals surface area (Å²) in [6, 6.07) is 2.16. The summed E-state index contributed by atoms with van der Waals surface area (Å²) < 4.78 is 17.2. The number of aliphatic hydroxyl groups is 1. The monoisotopic (exact) mass is 490 g/mol. The fraction of sp³-hybridized carbons (Fsp3) is 0.556. The van der Waals surface area contributed by atoms with Crippen molar-refractivity contribution in [1.82, 2.24) is 5.32 Å². The summed E-state index contributed by atoms with van der Waals surface area (Å²) in [5, 5.41) is 23.4. The van der Waals surface area contributed by atoms with Gasteiger partial charge in [-0.3, -0.25) is 0 Å². The zero-order chi connectivity index (χ0) is 25.6. The zero-order valence-electron chi connectivity index (χ0n) is 21.4. The van der Waals surface area contributed by atoms with Gasteiger partial charge in [0, 0.05) is 24.1 Å². The minimum Gasteiger partial charge on any atom is -0.502 e. The Balaban J connectivity index is 2.45. The highest BCUT2D eigenvalue weighted by atomic mass is 31.2. The molecule has 1 rings (SSSR count). The molecule has 7 heteroatoms. The van der Waals surface area contributed by atoms with Crippen LogP contribution in [0.25, 0.3) is 0 Å². The maximum absolute atomic E-state index is 10.9. The van der Waals surface area contributed by atoms with Crippen molar-refractivity contribution in [3.63, 3.8) is 0 Å². The van der Waals surface area contributed by atoms with Crippen molar-refractivity contribution >= 4 is 13.6 Å². The Morgan fingerprint density at radius 2 is 1.91 bits per heavy atom. The molecule has 0 aromatic heterocycles. The van der Waals surface area contributed by atoms with Crippen LogP contribution in [-0.2, 0) is 13.8 Å². The predicted octanol–water partition coefficient (Wildman–Crippen LogP) is 5.87. The molecule has 0 bridgehead atoms. The van der Waals surface area contributed by atoms with Crippen LogP contribution in [0.15, 0.2) is 60.1 Å². The summed E-state index contributed by atoms with van der Waals surface area (Å²) >= 11 is 0. The molecule has 0 aliphatic heterocycles. The average molecular weight is 491 g/mol. The van der Waals surface area contributed by atoms with Gasteiger partial charge in [-0.05, 0) is 75.3 Å². The van der Waals surface area contributed by atoms with Gasteiger partial charge in [0.05, 0.1) is 31.6 Å². The molecule has 2 N–H and O–H groups in total. The second-order valence-corrected chi connectivity index (χ2v) is 11.9. The number of nitrogens with one attached hydrogen (secondary N) is 1. The first-order valence-electron chi connectivity index (χ1n) is 11.8. The molecular weight excluding hydrogens is 447 g/mol. The molecule has 1 unspecified atom stereocenters. The third kappa shape index (κ3) is 11.9. The van der Waals surface area contributed by atoms with Crippen molar-refractivity contribution in [3.8, 4) is 6.07 Å². The van der Waals surface area contributed by atoms with E-state index in [0.29, 0.717) is 17.8 Å². The van der Waals surface area contributed by atoms with Crippen molar-refractivity contribution in [2.24, 2.45) is 5.41 Å². The molecule has 190 valence electrons. The molecule has 0 aromatic rings. The smallest absolute Gasteiger partial charge is 0.164 e. The van der Waals surface area contributed by atoms with Gasteiger partial charge < -0.3 is 24.2 Å². The molecule has 0 saturated carbocycles. The van der Waals surface area contributed by atoms with Crippen molar-refractivity contribution in [2.75, 3.05) is 33.5 Å². The SMILES string of the molecule is C=C(CCCCNCCC(=C)[C@H](O)C(C)(C)COP(=C)(C)OC1=C\CC/C=C(C#N)/C=C\1)OC. The van der Waals surface area contributed by atoms with Crippen LogP contribution in [0.3, 0.4) is 0 Å². The maximum Gasteiger partial charge on any atom is 0.164 e. The summed E-state index contributed by atoms with van der Waals surface area (Å²) in [4.78, 5) is 0. The fourth-order valence-electron chi connectivity index (χ4n) is 3.29. The van der Waals surface area contributed by atoms with Crippen LogP contribution >= 0.6 is 7.34 Å². The lowest BCUT2D eigenvalue weighted by molar-refractivity contribution is 0.0380. The van der Waals surface area contributed by atoms with Crippen molar-refractivity contribution in [1.29, 1.82) is 5.26 Å². The van der Waals surface area contributed by atoms with Gasteiger partial charge in [0.25, 0.3) is 0 Å². The lowest BCUT2D eigenvalue weighted by Crippen LogP contribution is -2.35. The van der Waals surface area contributed by atoms with Crippen LogP contribution in [0.2, 0.25) is 0 Å². The summed E-state index contributed by atoms with van der Waals surface area (Å²) in [7, 11) is -0.779. The van der Waals surface area contributed by atoms with Gasteiger partial charge >= 0.3 is 0 Å². The number of methoxy groups -OCH3 is 1. The highest BCUT2D eigenvalue weighted by molar-refractivity contribution is 7.63. The molecule has 0 saturated heterocycles.